The number of nitrogens with zero attached hydrogens (tertiary/aromatic N) is 7. The molecule has 3 aromatic heterocycles. The van der Waals surface area contributed by atoms with Crippen molar-refractivity contribution in [2.24, 2.45) is 4.99 Å². The quantitative estimate of drug-likeness (QED) is 0.106. The lowest BCUT2D eigenvalue weighted by Crippen LogP contribution is -2.40. The minimum absolute atomic E-state index is 0.0119. The first-order chi connectivity index (χ1) is 65.9. The van der Waals surface area contributed by atoms with Crippen LogP contribution in [-0.2, 0) is 65.4 Å². The topological polar surface area (TPSA) is 114 Å². The van der Waals surface area contributed by atoms with Gasteiger partial charge in [-0.2, -0.15) is 10.2 Å². The predicted octanol–water partition coefficient (Wildman–Crippen LogP) is 37.3. The molecule has 11 nitrogen and oxygen atoms in total. The van der Waals surface area contributed by atoms with Crippen LogP contribution in [0.4, 0.5) is 11.4 Å². The van der Waals surface area contributed by atoms with Gasteiger partial charge in [-0.05, 0) is 296 Å². The van der Waals surface area contributed by atoms with Crippen molar-refractivity contribution in [3.63, 3.8) is 0 Å². The summed E-state index contributed by atoms with van der Waals surface area (Å²) in [7, 11) is -1.37. The third kappa shape index (κ3) is 30.2. The van der Waals surface area contributed by atoms with E-state index in [0.717, 1.165) is 42.4 Å². The molecule has 784 valence electrons. The molecule has 144 heavy (non-hydrogen) atoms. The highest BCUT2D eigenvalue weighted by atomic mass is 32.2. The normalized spacial score (nSPS) is 14.6. The smallest absolute Gasteiger partial charge is 0.241 e. The summed E-state index contributed by atoms with van der Waals surface area (Å²) in [6.07, 6.45) is 14.5. The summed E-state index contributed by atoms with van der Waals surface area (Å²) >= 11 is 0. The summed E-state index contributed by atoms with van der Waals surface area (Å²) < 4.78 is 34.4. The number of benzene rings is 8. The molecule has 2 N–H and O–H groups in total. The predicted molar refractivity (Wildman–Crippen MR) is 632 cm³/mol. The molecule has 3 aliphatic heterocycles. The molecule has 0 bridgehead atoms. The van der Waals surface area contributed by atoms with Gasteiger partial charge in [0.2, 0.25) is 10.0 Å². The van der Waals surface area contributed by atoms with E-state index in [0.29, 0.717) is 52.4 Å². The van der Waals surface area contributed by atoms with Gasteiger partial charge in [-0.15, -0.1) is 0 Å². The van der Waals surface area contributed by atoms with Crippen molar-refractivity contribution >= 4 is 44.0 Å². The number of aryl methyl sites for hydroxylation is 1. The summed E-state index contributed by atoms with van der Waals surface area (Å²) in [4.78, 5) is 7.06. The molecule has 0 atom stereocenters. The van der Waals surface area contributed by atoms with Crippen LogP contribution < -0.4 is 14.9 Å². The number of sulfonamides is 1. The number of anilines is 2. The zero-order chi connectivity index (χ0) is 109. The lowest BCUT2D eigenvalue weighted by Gasteiger charge is -2.43. The van der Waals surface area contributed by atoms with Crippen LogP contribution in [-0.4, -0.2) is 57.9 Å². The first kappa shape index (κ1) is 119. The molecule has 0 aliphatic carbocycles. The number of rotatable bonds is 15. The molecule has 0 radical (unpaired) electrons. The second-order valence-electron chi connectivity index (χ2n) is 53.3. The molecule has 14 rings (SSSR count). The van der Waals surface area contributed by atoms with Crippen LogP contribution in [0.5, 0.6) is 0 Å². The lowest BCUT2D eigenvalue weighted by molar-refractivity contribution is 0.355. The fourth-order valence-corrected chi connectivity index (χ4v) is 21.0. The molecule has 3 aliphatic rings. The number of nitrogens with one attached hydrogen (secondary N) is 2. The molecule has 0 saturated carbocycles. The summed E-state index contributed by atoms with van der Waals surface area (Å²) in [5.41, 5.74) is 38.6. The number of aliphatic imine (C=N–C) groups is 1. The summed E-state index contributed by atoms with van der Waals surface area (Å²) in [6.45, 7) is 113. The van der Waals surface area contributed by atoms with E-state index in [1.54, 1.807) is 6.07 Å². The van der Waals surface area contributed by atoms with Crippen LogP contribution >= 0.6 is 0 Å². The van der Waals surface area contributed by atoms with Gasteiger partial charge in [0, 0.05) is 106 Å². The summed E-state index contributed by atoms with van der Waals surface area (Å²) in [6, 6.07) is 53.5. The van der Waals surface area contributed by atoms with E-state index in [1.165, 1.54) is 151 Å². The zero-order valence-corrected chi connectivity index (χ0v) is 99.9. The fourth-order valence-electron chi connectivity index (χ4n) is 19.4. The highest BCUT2D eigenvalue weighted by molar-refractivity contribution is 7.89. The Kier molecular flexibility index (Phi) is 38.3. The van der Waals surface area contributed by atoms with Crippen molar-refractivity contribution in [1.29, 1.82) is 0 Å². The van der Waals surface area contributed by atoms with Crippen molar-refractivity contribution in [2.75, 3.05) is 23.8 Å². The molecule has 8 aromatic carbocycles. The molecule has 6 heterocycles. The Labute approximate surface area is 877 Å². The fraction of sp³-hybridized carbons (Fsp3) is 0.523. The minimum atomic E-state index is -3.54. The second kappa shape index (κ2) is 46.3. The van der Waals surface area contributed by atoms with Crippen molar-refractivity contribution in [1.82, 2.24) is 28.9 Å². The van der Waals surface area contributed by atoms with Gasteiger partial charge < -0.3 is 14.8 Å². The largest absolute Gasteiger partial charge is 0.359 e. The van der Waals surface area contributed by atoms with Crippen LogP contribution in [0.3, 0.4) is 0 Å². The average Bonchev–Trinajstić information content (AvgIpc) is 0.775. The van der Waals surface area contributed by atoms with E-state index in [2.05, 4.69) is 480 Å². The number of fused-ring (bicyclic) bond motifs is 3. The average molecular weight is 1970 g/mol. The van der Waals surface area contributed by atoms with Gasteiger partial charge in [-0.25, -0.2) is 13.1 Å². The van der Waals surface area contributed by atoms with Gasteiger partial charge in [-0.1, -0.05) is 390 Å². The monoisotopic (exact) mass is 1970 g/mol. The standard InChI is InChI=1S/C20H30N2.C20H31N.C20H29N.C19H29N.C18H26N2.C18H25N.C17H23NO2S/c1-14(2)15-9-10-17(18(11-15)19(3,4)5)16-12-21-22(13-16)20(6,7)8;1-13(2)15-10-16(19(4,5)6)18-17(11-15)20(7,8)12-14(3)21(18)9;1-14(2)16-10-11-17(18(13-16)20(5,6)7)19-9-8-12-21(19)15(3)4;1-12(2)14-9-15(18(4,5)6)17-16(10-14)19(7,8)11-13(3)20-17;1-7-20-12-15(11-19-20)16-9-8-14(13(2)3)10-17(16)18(4,5)6;1-12(2)14-7-8-15(16-11-19-10-13(16)3)17(9-14)18(4,5)6;1-12(2)13-10-11-16(15-9-7-6-8-14(13)15)21(19,20)18-17(3,4)5/h9-14H,1-8H3;10-11,13H,3,12H2,1-2,4-9H3;8-15H,1-7H3;9-10,12,20H,3,11H2,1-2,4-8H3;8-13H,7H2,1-6H3;7-9,11-12H,10H2,1-6H3;6-12,18H,1-5H3. The second-order valence-corrected chi connectivity index (χ2v) is 54.9. The van der Waals surface area contributed by atoms with Crippen LogP contribution in [0.25, 0.3) is 49.9 Å². The summed E-state index contributed by atoms with van der Waals surface area (Å²) in [5.74, 6) is 3.71. The third-order valence-electron chi connectivity index (χ3n) is 28.2. The van der Waals surface area contributed by atoms with Gasteiger partial charge in [0.15, 0.2) is 0 Å². The number of aromatic nitrogens is 5. The Morgan fingerprint density at radius 1 is 0.438 bits per heavy atom. The van der Waals surface area contributed by atoms with Gasteiger partial charge >= 0.3 is 0 Å². The highest BCUT2D eigenvalue weighted by Gasteiger charge is 2.39. The Hall–Kier alpha value is -9.88. The Morgan fingerprint density at radius 2 is 0.840 bits per heavy atom. The molecule has 0 saturated heterocycles. The first-order valence-electron chi connectivity index (χ1n) is 53.8. The Balaban J connectivity index is 0.000000205. The van der Waals surface area contributed by atoms with Crippen LogP contribution in [0.2, 0.25) is 0 Å². The van der Waals surface area contributed by atoms with E-state index in [4.69, 9.17) is 0 Å². The number of allylic oxidation sites excluding steroid dienone is 3. The molecule has 0 amide bonds. The molecule has 12 heteroatoms. The van der Waals surface area contributed by atoms with Crippen molar-refractivity contribution in [3.05, 3.63) is 296 Å². The molecule has 0 unspecified atom stereocenters. The first-order valence-corrected chi connectivity index (χ1v) is 55.2. The van der Waals surface area contributed by atoms with Crippen molar-refractivity contribution in [3.8, 4) is 33.5 Å². The van der Waals surface area contributed by atoms with Gasteiger partial charge in [0.25, 0.3) is 0 Å². The van der Waals surface area contributed by atoms with E-state index in [1.807, 2.05) is 79.1 Å². The maximum atomic E-state index is 12.6. The SMILES string of the molecule is C=C1CC(C)(C)c2cc(C(C)C)cc(C(C)(C)C)c2N1.C=C1CC(C)(C)c2cc(C(C)C)cc(C(C)(C)C)c2N1C.CC(C)c1ccc(-c2cccn2C(C)C)c(C(C)(C)C)c1.CC(C)c1ccc(-c2cnn(C(C)(C)C)c2)c(C(C)(C)C)c1.CC(C)c1ccc(S(=O)(=O)NC(C)(C)C)c2ccccc12.CC1=C(c2ccc(C(C)C)cc2C(C)(C)C)C=NC1.CCn1cc(-c2ccc(C(C)C)cc2C(C)(C)C)cn1. The highest BCUT2D eigenvalue weighted by Crippen LogP contribution is 2.51. The van der Waals surface area contributed by atoms with E-state index < -0.39 is 15.6 Å². The minimum Gasteiger partial charge on any atom is -0.359 e. The molecule has 0 spiro atoms. The Morgan fingerprint density at radius 3 is 1.24 bits per heavy atom. The van der Waals surface area contributed by atoms with Gasteiger partial charge in [0.05, 0.1) is 29.4 Å². The van der Waals surface area contributed by atoms with Crippen LogP contribution in [0.1, 0.15) is 468 Å². The van der Waals surface area contributed by atoms with Gasteiger partial charge in [0.1, 0.15) is 0 Å². The van der Waals surface area contributed by atoms with Crippen LogP contribution in [0.15, 0.2) is 217 Å². The van der Waals surface area contributed by atoms with E-state index in [-0.39, 0.29) is 48.9 Å². The van der Waals surface area contributed by atoms with Crippen molar-refractivity contribution < 1.29 is 8.42 Å². The molecular weight excluding hydrogens is 1780 g/mol. The molecule has 11 aromatic rings. The van der Waals surface area contributed by atoms with Crippen LogP contribution in [0, 0.1) is 0 Å². The Bertz CT molecular complexity index is 6410. The molecular formula is C132H193N9O2S. The van der Waals surface area contributed by atoms with Gasteiger partial charge in [-0.3, -0.25) is 14.4 Å². The zero-order valence-electron chi connectivity index (χ0n) is 99.0. The lowest BCUT2D eigenvalue weighted by atomic mass is 9.71. The number of hydrogen-bond donors (Lipinski definition) is 2. The van der Waals surface area contributed by atoms with Crippen molar-refractivity contribution in [2.45, 2.75) is 445 Å². The third-order valence-corrected chi connectivity index (χ3v) is 30.0. The summed E-state index contributed by atoms with van der Waals surface area (Å²) in [5, 5.41) is 14.3. The number of hydrogen-bond acceptors (Lipinski definition) is 7. The van der Waals surface area contributed by atoms with E-state index >= 15 is 0 Å². The van der Waals surface area contributed by atoms with E-state index in [9.17, 15) is 8.42 Å². The molecule has 0 fully saturated rings. The maximum Gasteiger partial charge on any atom is 0.241 e. The maximum absolute atomic E-state index is 12.6.